The van der Waals surface area contributed by atoms with Crippen LogP contribution in [-0.2, 0) is 17.6 Å². The topological polar surface area (TPSA) is 92.1 Å². The molecule has 0 saturated carbocycles. The number of primary amides is 1. The third kappa shape index (κ3) is 3.07. The highest BCUT2D eigenvalue weighted by Gasteiger charge is 2.29. The summed E-state index contributed by atoms with van der Waals surface area (Å²) < 4.78 is 0. The Kier molecular flexibility index (Phi) is 4.61. The number of hydrogen-bond acceptors (Lipinski definition) is 5. The Bertz CT molecular complexity index is 903. The summed E-state index contributed by atoms with van der Waals surface area (Å²) in [5.74, 6) is 1.02. The molecular weight excluding hydrogens is 348 g/mol. The van der Waals surface area contributed by atoms with Crippen molar-refractivity contribution in [3.8, 4) is 0 Å². The summed E-state index contributed by atoms with van der Waals surface area (Å²) in [4.78, 5) is 36.6. The van der Waals surface area contributed by atoms with Gasteiger partial charge in [0.25, 0.3) is 5.56 Å². The molecule has 3 N–H and O–H groups in total. The molecule has 1 amide bonds. The molecule has 1 saturated heterocycles. The minimum absolute atomic E-state index is 0.0210. The molecule has 3 heterocycles. The summed E-state index contributed by atoms with van der Waals surface area (Å²) in [5, 5.41) is 0.793. The maximum atomic E-state index is 12.8. The molecule has 1 aliphatic carbocycles. The monoisotopic (exact) mass is 374 g/mol. The number of aromatic nitrogens is 2. The zero-order chi connectivity index (χ0) is 18.4. The highest BCUT2D eigenvalue weighted by Crippen LogP contribution is 2.36. The van der Waals surface area contributed by atoms with Crippen molar-refractivity contribution in [2.45, 2.75) is 52.0 Å². The summed E-state index contributed by atoms with van der Waals surface area (Å²) in [6, 6.07) is -0.0349. The number of fused-ring (bicyclic) bond motifs is 3. The number of H-pyrrole nitrogens is 1. The van der Waals surface area contributed by atoms with E-state index in [4.69, 9.17) is 10.7 Å². The second-order valence-corrected chi connectivity index (χ2v) is 8.98. The molecule has 140 valence electrons. The third-order valence-electron chi connectivity index (χ3n) is 5.98. The predicted octanol–water partition coefficient (Wildman–Crippen LogP) is 2.37. The Morgan fingerprint density at radius 3 is 3.00 bits per heavy atom. The summed E-state index contributed by atoms with van der Waals surface area (Å²) >= 11 is 1.68. The maximum absolute atomic E-state index is 12.8. The van der Waals surface area contributed by atoms with Crippen LogP contribution in [-0.4, -0.2) is 33.9 Å². The number of nitrogens with zero attached hydrogens (tertiary/aromatic N) is 2. The van der Waals surface area contributed by atoms with Crippen LogP contribution in [0.1, 0.15) is 55.4 Å². The van der Waals surface area contributed by atoms with Crippen molar-refractivity contribution in [1.29, 1.82) is 0 Å². The van der Waals surface area contributed by atoms with Gasteiger partial charge >= 0.3 is 0 Å². The molecule has 26 heavy (non-hydrogen) atoms. The molecular formula is C19H26N4O2S. The van der Waals surface area contributed by atoms with Gasteiger partial charge in [-0.2, -0.15) is 0 Å². The van der Waals surface area contributed by atoms with Gasteiger partial charge in [-0.3, -0.25) is 14.5 Å². The van der Waals surface area contributed by atoms with Gasteiger partial charge in [0, 0.05) is 11.4 Å². The molecule has 2 aromatic rings. The van der Waals surface area contributed by atoms with E-state index in [-0.39, 0.29) is 23.4 Å². The predicted molar refractivity (Wildman–Crippen MR) is 103 cm³/mol. The largest absolute Gasteiger partial charge is 0.369 e. The number of likely N-dealkylation sites (tertiary alicyclic amines) is 1. The van der Waals surface area contributed by atoms with Crippen molar-refractivity contribution in [2.75, 3.05) is 13.1 Å². The molecule has 0 spiro atoms. The number of thiophene rings is 1. The lowest BCUT2D eigenvalue weighted by Crippen LogP contribution is -2.42. The van der Waals surface area contributed by atoms with E-state index in [0.717, 1.165) is 48.9 Å². The Morgan fingerprint density at radius 2 is 2.23 bits per heavy atom. The molecule has 2 aromatic heterocycles. The molecule has 1 fully saturated rings. The fraction of sp³-hybridized carbons (Fsp3) is 0.632. The van der Waals surface area contributed by atoms with Crippen LogP contribution in [0.25, 0.3) is 10.2 Å². The molecule has 1 aliphatic heterocycles. The average molecular weight is 375 g/mol. The van der Waals surface area contributed by atoms with E-state index >= 15 is 0 Å². The lowest BCUT2D eigenvalue weighted by molar-refractivity contribution is -0.123. The van der Waals surface area contributed by atoms with E-state index in [2.05, 4.69) is 16.8 Å². The minimum atomic E-state index is -0.237. The first-order valence-electron chi connectivity index (χ1n) is 9.52. The number of carbonyl (C=O) groups excluding carboxylic acids is 1. The molecule has 4 rings (SSSR count). The second kappa shape index (κ2) is 6.78. The van der Waals surface area contributed by atoms with E-state index in [1.165, 1.54) is 10.4 Å². The quantitative estimate of drug-likeness (QED) is 0.863. The molecule has 0 radical (unpaired) electrons. The van der Waals surface area contributed by atoms with Crippen molar-refractivity contribution in [2.24, 2.45) is 17.6 Å². The molecule has 6 nitrogen and oxygen atoms in total. The Labute approximate surface area is 156 Å². The first kappa shape index (κ1) is 17.7. The normalized spacial score (nSPS) is 25.2. The summed E-state index contributed by atoms with van der Waals surface area (Å²) in [6.45, 7) is 5.84. The van der Waals surface area contributed by atoms with E-state index < -0.39 is 0 Å². The maximum Gasteiger partial charge on any atom is 0.259 e. The average Bonchev–Trinajstić information content (AvgIpc) is 2.98. The number of aryl methyl sites for hydroxylation is 1. The Hall–Kier alpha value is -1.73. The van der Waals surface area contributed by atoms with Crippen LogP contribution in [0.4, 0.5) is 0 Å². The van der Waals surface area contributed by atoms with Crippen LogP contribution in [0.3, 0.4) is 0 Å². The molecule has 0 unspecified atom stereocenters. The highest BCUT2D eigenvalue weighted by atomic mass is 32.1. The standard InChI is InChI=1S/C19H26N4O2S/c1-10-5-6-13-14(8-10)26-19-15(13)18(25)21-17(22-19)11(2)23-7-3-4-12(9-23)16(20)24/h10-12H,3-9H2,1-2H3,(H2,20,24)(H,21,22,25)/t10-,11+,12+/m1/s1. The van der Waals surface area contributed by atoms with E-state index in [0.29, 0.717) is 18.3 Å². The van der Waals surface area contributed by atoms with Crippen molar-refractivity contribution in [1.82, 2.24) is 14.9 Å². The van der Waals surface area contributed by atoms with Crippen LogP contribution in [0.2, 0.25) is 0 Å². The van der Waals surface area contributed by atoms with Gasteiger partial charge in [-0.25, -0.2) is 4.98 Å². The number of piperidine rings is 1. The Balaban J connectivity index is 1.67. The second-order valence-electron chi connectivity index (χ2n) is 7.90. The van der Waals surface area contributed by atoms with Crippen LogP contribution in [0.15, 0.2) is 4.79 Å². The van der Waals surface area contributed by atoms with Crippen LogP contribution < -0.4 is 11.3 Å². The van der Waals surface area contributed by atoms with Crippen LogP contribution in [0.5, 0.6) is 0 Å². The molecule has 3 atom stereocenters. The molecule has 0 aromatic carbocycles. The number of hydrogen-bond donors (Lipinski definition) is 2. The van der Waals surface area contributed by atoms with E-state index in [1.807, 2.05) is 6.92 Å². The van der Waals surface area contributed by atoms with Gasteiger partial charge in [0.2, 0.25) is 5.91 Å². The first-order chi connectivity index (χ1) is 12.4. The van der Waals surface area contributed by atoms with Gasteiger partial charge in [-0.05, 0) is 57.1 Å². The van der Waals surface area contributed by atoms with Gasteiger partial charge in [0.05, 0.1) is 17.3 Å². The smallest absolute Gasteiger partial charge is 0.259 e. The van der Waals surface area contributed by atoms with Crippen LogP contribution >= 0.6 is 11.3 Å². The van der Waals surface area contributed by atoms with Gasteiger partial charge in [0.15, 0.2) is 0 Å². The van der Waals surface area contributed by atoms with Gasteiger partial charge in [-0.15, -0.1) is 11.3 Å². The SMILES string of the molecule is C[C@@H]1CCc2c(sc3nc([C@H](C)N4CCC[C@H](C(N)=O)C4)[nH]c(=O)c23)C1. The summed E-state index contributed by atoms with van der Waals surface area (Å²) in [5.41, 5.74) is 6.69. The number of carbonyl (C=O) groups is 1. The molecule has 0 bridgehead atoms. The molecule has 2 aliphatic rings. The number of nitrogens with one attached hydrogen (secondary N) is 1. The fourth-order valence-electron chi connectivity index (χ4n) is 4.33. The van der Waals surface area contributed by atoms with E-state index in [9.17, 15) is 9.59 Å². The number of nitrogens with two attached hydrogens (primary N) is 1. The van der Waals surface area contributed by atoms with Crippen molar-refractivity contribution >= 4 is 27.5 Å². The zero-order valence-electron chi connectivity index (χ0n) is 15.4. The zero-order valence-corrected chi connectivity index (χ0v) is 16.2. The summed E-state index contributed by atoms with van der Waals surface area (Å²) in [7, 11) is 0. The minimum Gasteiger partial charge on any atom is -0.369 e. The number of amides is 1. The highest BCUT2D eigenvalue weighted by molar-refractivity contribution is 7.18. The van der Waals surface area contributed by atoms with Gasteiger partial charge < -0.3 is 10.7 Å². The van der Waals surface area contributed by atoms with Crippen molar-refractivity contribution in [3.63, 3.8) is 0 Å². The number of rotatable bonds is 3. The lowest BCUT2D eigenvalue weighted by Gasteiger charge is -2.35. The van der Waals surface area contributed by atoms with Gasteiger partial charge in [-0.1, -0.05) is 6.92 Å². The fourth-order valence-corrected chi connectivity index (χ4v) is 5.72. The van der Waals surface area contributed by atoms with Crippen molar-refractivity contribution in [3.05, 3.63) is 26.6 Å². The summed E-state index contributed by atoms with van der Waals surface area (Å²) in [6.07, 6.45) is 4.95. The first-order valence-corrected chi connectivity index (χ1v) is 10.3. The molecule has 7 heteroatoms. The van der Waals surface area contributed by atoms with Gasteiger partial charge in [0.1, 0.15) is 10.7 Å². The van der Waals surface area contributed by atoms with Crippen LogP contribution in [0, 0.1) is 11.8 Å². The number of aromatic amines is 1. The third-order valence-corrected chi connectivity index (χ3v) is 7.13. The van der Waals surface area contributed by atoms with E-state index in [1.54, 1.807) is 11.3 Å². The Morgan fingerprint density at radius 1 is 1.42 bits per heavy atom. The lowest BCUT2D eigenvalue weighted by atomic mass is 9.89. The van der Waals surface area contributed by atoms with Crippen molar-refractivity contribution < 1.29 is 4.79 Å².